The van der Waals surface area contributed by atoms with Gasteiger partial charge in [0.15, 0.2) is 5.75 Å². The SMILES string of the molecule is C=C(CS)COc1c(I)cc(Cl)c2cccnc12. The largest absolute Gasteiger partial charge is 0.486 e. The zero-order chi connectivity index (χ0) is 13.1. The smallest absolute Gasteiger partial charge is 0.159 e. The molecule has 5 heteroatoms. The number of rotatable bonds is 4. The number of halogens is 2. The molecule has 0 atom stereocenters. The van der Waals surface area contributed by atoms with Crippen molar-refractivity contribution in [2.75, 3.05) is 12.4 Å². The van der Waals surface area contributed by atoms with E-state index < -0.39 is 0 Å². The highest BCUT2D eigenvalue weighted by Gasteiger charge is 2.12. The zero-order valence-corrected chi connectivity index (χ0v) is 13.3. The van der Waals surface area contributed by atoms with Gasteiger partial charge in [-0.05, 0) is 46.4 Å². The van der Waals surface area contributed by atoms with Gasteiger partial charge in [0.25, 0.3) is 0 Å². The number of hydrogen-bond acceptors (Lipinski definition) is 3. The normalized spacial score (nSPS) is 10.6. The summed E-state index contributed by atoms with van der Waals surface area (Å²) in [7, 11) is 0. The van der Waals surface area contributed by atoms with Crippen molar-refractivity contribution in [2.24, 2.45) is 0 Å². The van der Waals surface area contributed by atoms with Gasteiger partial charge in [-0.3, -0.25) is 4.98 Å². The first-order valence-electron chi connectivity index (χ1n) is 5.26. The van der Waals surface area contributed by atoms with Gasteiger partial charge in [0.2, 0.25) is 0 Å². The average molecular weight is 392 g/mol. The standard InChI is InChI=1S/C13H11ClINOS/c1-8(7-18)6-17-13-11(15)5-10(14)9-3-2-4-16-12(9)13/h2-5,18H,1,6-7H2. The Bertz CT molecular complexity index is 603. The number of pyridine rings is 1. The minimum absolute atomic E-state index is 0.437. The fourth-order valence-electron chi connectivity index (χ4n) is 1.50. The molecule has 0 radical (unpaired) electrons. The first kappa shape index (κ1) is 14.0. The van der Waals surface area contributed by atoms with Crippen LogP contribution in [-0.2, 0) is 0 Å². The summed E-state index contributed by atoms with van der Waals surface area (Å²) in [5.74, 6) is 1.36. The Hall–Kier alpha value is -0.460. The predicted molar refractivity (Wildman–Crippen MR) is 88.0 cm³/mol. The molecule has 0 N–H and O–H groups in total. The quantitative estimate of drug-likeness (QED) is 0.475. The van der Waals surface area contributed by atoms with Crippen LogP contribution in [0, 0.1) is 3.57 Å². The Morgan fingerprint density at radius 2 is 2.33 bits per heavy atom. The number of thiol groups is 1. The molecule has 94 valence electrons. The van der Waals surface area contributed by atoms with E-state index in [0.29, 0.717) is 17.4 Å². The lowest BCUT2D eigenvalue weighted by Gasteiger charge is -2.12. The molecule has 1 aromatic carbocycles. The van der Waals surface area contributed by atoms with E-state index in [4.69, 9.17) is 16.3 Å². The Morgan fingerprint density at radius 1 is 1.56 bits per heavy atom. The van der Waals surface area contributed by atoms with Crippen LogP contribution in [0.2, 0.25) is 5.02 Å². The van der Waals surface area contributed by atoms with E-state index in [1.165, 1.54) is 0 Å². The molecule has 0 spiro atoms. The first-order chi connectivity index (χ1) is 8.63. The lowest BCUT2D eigenvalue weighted by atomic mass is 10.2. The summed E-state index contributed by atoms with van der Waals surface area (Å²) in [5, 5.41) is 1.58. The molecule has 0 amide bonds. The Labute approximate surface area is 130 Å². The summed E-state index contributed by atoms with van der Waals surface area (Å²) >= 11 is 12.5. The average Bonchev–Trinajstić information content (AvgIpc) is 2.38. The maximum atomic E-state index is 6.19. The number of nitrogens with zero attached hydrogens (tertiary/aromatic N) is 1. The molecule has 0 aliphatic heterocycles. The van der Waals surface area contributed by atoms with Crippen molar-refractivity contribution < 1.29 is 4.74 Å². The molecule has 2 aromatic rings. The topological polar surface area (TPSA) is 22.1 Å². The minimum Gasteiger partial charge on any atom is -0.486 e. The minimum atomic E-state index is 0.437. The van der Waals surface area contributed by atoms with Crippen LogP contribution in [-0.4, -0.2) is 17.3 Å². The molecule has 0 fully saturated rings. The molecule has 2 nitrogen and oxygen atoms in total. The summed E-state index contributed by atoms with van der Waals surface area (Å²) < 4.78 is 6.72. The Balaban J connectivity index is 2.46. The Morgan fingerprint density at radius 3 is 3.06 bits per heavy atom. The predicted octanol–water partition coefficient (Wildman–Crippen LogP) is 4.36. The molecule has 0 saturated carbocycles. The van der Waals surface area contributed by atoms with Crippen LogP contribution in [0.15, 0.2) is 36.5 Å². The fraction of sp³-hybridized carbons (Fsp3) is 0.154. The van der Waals surface area contributed by atoms with Crippen LogP contribution in [0.3, 0.4) is 0 Å². The fourth-order valence-corrected chi connectivity index (χ4v) is 2.76. The van der Waals surface area contributed by atoms with Crippen LogP contribution >= 0.6 is 46.8 Å². The van der Waals surface area contributed by atoms with E-state index in [1.807, 2.05) is 18.2 Å². The molecule has 0 bridgehead atoms. The zero-order valence-electron chi connectivity index (χ0n) is 9.49. The van der Waals surface area contributed by atoms with Crippen LogP contribution in [0.25, 0.3) is 10.9 Å². The van der Waals surface area contributed by atoms with Crippen molar-refractivity contribution in [1.29, 1.82) is 0 Å². The van der Waals surface area contributed by atoms with Crippen molar-refractivity contribution >= 4 is 57.7 Å². The van der Waals surface area contributed by atoms with Crippen molar-refractivity contribution in [2.45, 2.75) is 0 Å². The van der Waals surface area contributed by atoms with Crippen molar-refractivity contribution in [1.82, 2.24) is 4.98 Å². The van der Waals surface area contributed by atoms with E-state index in [1.54, 1.807) is 6.20 Å². The van der Waals surface area contributed by atoms with E-state index in [2.05, 4.69) is 46.8 Å². The highest BCUT2D eigenvalue weighted by Crippen LogP contribution is 2.34. The van der Waals surface area contributed by atoms with Crippen LogP contribution < -0.4 is 4.74 Å². The van der Waals surface area contributed by atoms with Gasteiger partial charge in [-0.1, -0.05) is 18.2 Å². The van der Waals surface area contributed by atoms with E-state index in [-0.39, 0.29) is 0 Å². The van der Waals surface area contributed by atoms with Gasteiger partial charge < -0.3 is 4.74 Å². The summed E-state index contributed by atoms with van der Waals surface area (Å²) in [4.78, 5) is 4.34. The number of hydrogen-bond donors (Lipinski definition) is 1. The summed E-state index contributed by atoms with van der Waals surface area (Å²) in [5.41, 5.74) is 1.70. The molecule has 18 heavy (non-hydrogen) atoms. The maximum absolute atomic E-state index is 6.19. The summed E-state index contributed by atoms with van der Waals surface area (Å²) in [6.07, 6.45) is 1.73. The van der Waals surface area contributed by atoms with Gasteiger partial charge in [0.05, 0.1) is 8.59 Å². The monoisotopic (exact) mass is 391 g/mol. The third-order valence-corrected chi connectivity index (χ3v) is 3.96. The molecule has 0 aliphatic rings. The van der Waals surface area contributed by atoms with Crippen LogP contribution in [0.4, 0.5) is 0 Å². The second-order valence-electron chi connectivity index (χ2n) is 3.77. The third kappa shape index (κ3) is 2.92. The molecule has 1 heterocycles. The Kier molecular flexibility index (Phi) is 4.75. The van der Waals surface area contributed by atoms with E-state index in [9.17, 15) is 0 Å². The van der Waals surface area contributed by atoms with Gasteiger partial charge in [0.1, 0.15) is 12.1 Å². The van der Waals surface area contributed by atoms with Gasteiger partial charge in [0, 0.05) is 17.3 Å². The van der Waals surface area contributed by atoms with Gasteiger partial charge in [-0.15, -0.1) is 0 Å². The van der Waals surface area contributed by atoms with Gasteiger partial charge in [-0.2, -0.15) is 12.6 Å². The van der Waals surface area contributed by atoms with Gasteiger partial charge >= 0.3 is 0 Å². The highest BCUT2D eigenvalue weighted by atomic mass is 127. The lowest BCUT2D eigenvalue weighted by molar-refractivity contribution is 0.354. The van der Waals surface area contributed by atoms with E-state index >= 15 is 0 Å². The molecule has 1 aromatic heterocycles. The first-order valence-corrected chi connectivity index (χ1v) is 7.35. The number of aromatic nitrogens is 1. The van der Waals surface area contributed by atoms with Crippen molar-refractivity contribution in [3.8, 4) is 5.75 Å². The molecular weight excluding hydrogens is 381 g/mol. The second-order valence-corrected chi connectivity index (χ2v) is 5.65. The number of benzene rings is 1. The van der Waals surface area contributed by atoms with Crippen LogP contribution in [0.5, 0.6) is 5.75 Å². The number of ether oxygens (including phenoxy) is 1. The van der Waals surface area contributed by atoms with E-state index in [0.717, 1.165) is 25.8 Å². The molecule has 0 saturated heterocycles. The molecule has 2 rings (SSSR count). The molecular formula is C13H11ClINOS. The lowest BCUT2D eigenvalue weighted by Crippen LogP contribution is -2.03. The molecule has 0 unspecified atom stereocenters. The number of fused-ring (bicyclic) bond motifs is 1. The highest BCUT2D eigenvalue weighted by molar-refractivity contribution is 14.1. The maximum Gasteiger partial charge on any atom is 0.159 e. The summed E-state index contributed by atoms with van der Waals surface area (Å²) in [6, 6.07) is 5.67. The third-order valence-electron chi connectivity index (χ3n) is 2.39. The van der Waals surface area contributed by atoms with Crippen molar-refractivity contribution in [3.05, 3.63) is 45.1 Å². The van der Waals surface area contributed by atoms with Gasteiger partial charge in [-0.25, -0.2) is 0 Å². The second kappa shape index (κ2) is 6.12. The van der Waals surface area contributed by atoms with Crippen molar-refractivity contribution in [3.63, 3.8) is 0 Å². The molecule has 0 aliphatic carbocycles. The van der Waals surface area contributed by atoms with Crippen LogP contribution in [0.1, 0.15) is 0 Å². The summed E-state index contributed by atoms with van der Waals surface area (Å²) in [6.45, 7) is 4.30.